The molecule has 1 aliphatic rings. The van der Waals surface area contributed by atoms with Gasteiger partial charge in [-0.05, 0) is 18.2 Å². The molecule has 0 saturated carbocycles. The van der Waals surface area contributed by atoms with E-state index in [-0.39, 0.29) is 0 Å². The summed E-state index contributed by atoms with van der Waals surface area (Å²) in [5.74, 6) is -0.414. The van der Waals surface area contributed by atoms with Gasteiger partial charge < -0.3 is 10.1 Å². The fourth-order valence-electron chi connectivity index (χ4n) is 1.68. The van der Waals surface area contributed by atoms with Crippen LogP contribution in [0.2, 0.25) is 0 Å². The number of fused-ring (bicyclic) bond motifs is 1. The maximum Gasteiger partial charge on any atom is 0.214 e. The highest BCUT2D eigenvalue weighted by Gasteiger charge is 2.21. The summed E-state index contributed by atoms with van der Waals surface area (Å²) in [6.07, 6.45) is 1.11. The van der Waals surface area contributed by atoms with Crippen LogP contribution in [-0.2, 0) is 4.79 Å². The van der Waals surface area contributed by atoms with E-state index in [2.05, 4.69) is 5.16 Å². The van der Waals surface area contributed by atoms with Crippen molar-refractivity contribution < 1.29 is 14.4 Å². The lowest BCUT2D eigenvalue weighted by Gasteiger charge is -2.26. The van der Waals surface area contributed by atoms with Crippen LogP contribution in [0.1, 0.15) is 12.0 Å². The van der Waals surface area contributed by atoms with E-state index in [1.54, 1.807) is 0 Å². The highest BCUT2D eigenvalue weighted by molar-refractivity contribution is 6.08. The zero-order valence-electron chi connectivity index (χ0n) is 7.85. The first kappa shape index (κ1) is 9.64. The first-order valence-electron chi connectivity index (χ1n) is 4.49. The minimum absolute atomic E-state index is 0.405. The van der Waals surface area contributed by atoms with Crippen molar-refractivity contribution in [3.05, 3.63) is 29.6 Å². The Morgan fingerprint density at radius 3 is 3.00 bits per heavy atom. The van der Waals surface area contributed by atoms with Crippen LogP contribution in [0.25, 0.3) is 0 Å². The van der Waals surface area contributed by atoms with E-state index in [1.807, 2.05) is 0 Å². The molecule has 1 N–H and O–H groups in total. The molecule has 78 valence electrons. The molecule has 0 fully saturated rings. The van der Waals surface area contributed by atoms with Crippen LogP contribution in [0.5, 0.6) is 0 Å². The molecule has 0 saturated heterocycles. The van der Waals surface area contributed by atoms with Crippen molar-refractivity contribution in [1.82, 2.24) is 0 Å². The predicted molar refractivity (Wildman–Crippen MR) is 52.8 cm³/mol. The molecule has 0 aliphatic carbocycles. The van der Waals surface area contributed by atoms with Crippen molar-refractivity contribution in [3.63, 3.8) is 0 Å². The number of nitrogens with zero attached hydrogens (tertiary/aromatic N) is 2. The van der Waals surface area contributed by atoms with Gasteiger partial charge in [0.1, 0.15) is 5.82 Å². The van der Waals surface area contributed by atoms with Gasteiger partial charge in [-0.15, -0.1) is 0 Å². The second-order valence-corrected chi connectivity index (χ2v) is 3.26. The molecule has 0 radical (unpaired) electrons. The topological polar surface area (TPSA) is 52.9 Å². The largest absolute Gasteiger partial charge is 0.411 e. The number of amides is 1. The van der Waals surface area contributed by atoms with Crippen LogP contribution in [0.15, 0.2) is 23.4 Å². The maximum atomic E-state index is 13.0. The number of hydrogen-bond acceptors (Lipinski definition) is 3. The van der Waals surface area contributed by atoms with Gasteiger partial charge >= 0.3 is 0 Å². The predicted octanol–water partition coefficient (Wildman–Crippen LogP) is 1.37. The summed E-state index contributed by atoms with van der Waals surface area (Å²) < 4.78 is 13.0. The Kier molecular flexibility index (Phi) is 2.37. The van der Waals surface area contributed by atoms with Crippen molar-refractivity contribution >= 4 is 17.8 Å². The van der Waals surface area contributed by atoms with Gasteiger partial charge in [0.05, 0.1) is 11.4 Å². The van der Waals surface area contributed by atoms with E-state index in [4.69, 9.17) is 5.21 Å². The third-order valence-corrected chi connectivity index (χ3v) is 2.42. The van der Waals surface area contributed by atoms with Crippen molar-refractivity contribution in [3.8, 4) is 0 Å². The van der Waals surface area contributed by atoms with Gasteiger partial charge in [-0.25, -0.2) is 4.39 Å². The lowest BCUT2D eigenvalue weighted by Crippen LogP contribution is -2.31. The molecule has 1 aromatic rings. The first-order chi connectivity index (χ1) is 7.26. The molecule has 0 bridgehead atoms. The molecule has 0 atom stereocenters. The van der Waals surface area contributed by atoms with Crippen LogP contribution in [0.4, 0.5) is 10.1 Å². The lowest BCUT2D eigenvalue weighted by molar-refractivity contribution is -0.107. The maximum absolute atomic E-state index is 13.0. The zero-order chi connectivity index (χ0) is 10.8. The van der Waals surface area contributed by atoms with Gasteiger partial charge in [-0.1, -0.05) is 5.16 Å². The van der Waals surface area contributed by atoms with Crippen LogP contribution in [-0.4, -0.2) is 23.9 Å². The Hall–Kier alpha value is -1.91. The first-order valence-corrected chi connectivity index (χ1v) is 4.49. The van der Waals surface area contributed by atoms with Crippen LogP contribution in [0, 0.1) is 5.82 Å². The average Bonchev–Trinajstić information content (AvgIpc) is 2.27. The van der Waals surface area contributed by atoms with E-state index in [0.29, 0.717) is 36.3 Å². The van der Waals surface area contributed by atoms with E-state index < -0.39 is 5.82 Å². The van der Waals surface area contributed by atoms with Gasteiger partial charge in [-0.3, -0.25) is 4.79 Å². The summed E-state index contributed by atoms with van der Waals surface area (Å²) in [5.41, 5.74) is 1.45. The number of carbonyl (C=O) groups excluding carboxylic acids is 1. The fourth-order valence-corrected chi connectivity index (χ4v) is 1.68. The monoisotopic (exact) mass is 208 g/mol. The van der Waals surface area contributed by atoms with Gasteiger partial charge in [-0.2, -0.15) is 0 Å². The molecule has 5 heteroatoms. The van der Waals surface area contributed by atoms with Crippen molar-refractivity contribution in [2.45, 2.75) is 6.42 Å². The minimum atomic E-state index is -0.414. The van der Waals surface area contributed by atoms with Gasteiger partial charge in [0.2, 0.25) is 6.41 Å². The number of benzene rings is 1. The number of anilines is 1. The van der Waals surface area contributed by atoms with Crippen molar-refractivity contribution in [2.75, 3.05) is 11.4 Å². The summed E-state index contributed by atoms with van der Waals surface area (Å²) in [6.45, 7) is 0.446. The van der Waals surface area contributed by atoms with E-state index in [0.717, 1.165) is 0 Å². The fraction of sp³-hybridized carbons (Fsp3) is 0.200. The van der Waals surface area contributed by atoms with Crippen LogP contribution < -0.4 is 4.90 Å². The number of carbonyl (C=O) groups is 1. The second-order valence-electron chi connectivity index (χ2n) is 3.26. The third kappa shape index (κ3) is 1.56. The molecular weight excluding hydrogens is 199 g/mol. The van der Waals surface area contributed by atoms with Crippen molar-refractivity contribution in [2.24, 2.45) is 5.16 Å². The minimum Gasteiger partial charge on any atom is -0.411 e. The molecule has 1 heterocycles. The summed E-state index contributed by atoms with van der Waals surface area (Å²) in [7, 11) is 0. The van der Waals surface area contributed by atoms with Crippen LogP contribution >= 0.6 is 0 Å². The summed E-state index contributed by atoms with van der Waals surface area (Å²) in [4.78, 5) is 12.2. The quantitative estimate of drug-likeness (QED) is 0.430. The Balaban J connectivity index is 2.58. The Bertz CT molecular complexity index is 431. The van der Waals surface area contributed by atoms with Crippen LogP contribution in [0.3, 0.4) is 0 Å². The van der Waals surface area contributed by atoms with Gasteiger partial charge in [0.15, 0.2) is 0 Å². The lowest BCUT2D eigenvalue weighted by atomic mass is 10.00. The molecule has 4 nitrogen and oxygen atoms in total. The highest BCUT2D eigenvalue weighted by Crippen LogP contribution is 2.26. The van der Waals surface area contributed by atoms with E-state index >= 15 is 0 Å². The number of rotatable bonds is 1. The normalized spacial score (nSPS) is 17.7. The summed E-state index contributed by atoms with van der Waals surface area (Å²) in [5, 5.41) is 11.9. The molecule has 0 aromatic heterocycles. The third-order valence-electron chi connectivity index (χ3n) is 2.42. The number of halogens is 1. The SMILES string of the molecule is O=CN1CC/C(=N/O)c2cc(F)ccc21. The highest BCUT2D eigenvalue weighted by atomic mass is 19.1. The molecule has 1 aromatic carbocycles. The molecule has 1 aliphatic heterocycles. The molecule has 0 spiro atoms. The molecular formula is C10H9FN2O2. The van der Waals surface area contributed by atoms with E-state index in [9.17, 15) is 9.18 Å². The van der Waals surface area contributed by atoms with Gasteiger partial charge in [0.25, 0.3) is 0 Å². The molecule has 1 amide bonds. The van der Waals surface area contributed by atoms with Crippen molar-refractivity contribution in [1.29, 1.82) is 0 Å². The Morgan fingerprint density at radius 2 is 2.33 bits per heavy atom. The van der Waals surface area contributed by atoms with Gasteiger partial charge in [0, 0.05) is 18.5 Å². The molecule has 0 unspecified atom stereocenters. The Labute approximate surface area is 85.6 Å². The van der Waals surface area contributed by atoms with E-state index in [1.165, 1.54) is 23.1 Å². The molecule has 15 heavy (non-hydrogen) atoms. The summed E-state index contributed by atoms with van der Waals surface area (Å²) in [6, 6.07) is 4.04. The zero-order valence-corrected chi connectivity index (χ0v) is 7.85. The summed E-state index contributed by atoms with van der Waals surface area (Å²) >= 11 is 0. The average molecular weight is 208 g/mol. The standard InChI is InChI=1S/C10H9FN2O2/c11-7-1-2-10-8(5-7)9(12-15)3-4-13(10)6-14/h1-2,5-6,15H,3-4H2/b12-9-. The Morgan fingerprint density at radius 1 is 1.53 bits per heavy atom. The molecule has 2 rings (SSSR count). The smallest absolute Gasteiger partial charge is 0.214 e. The second kappa shape index (κ2) is 3.68. The number of oxime groups is 1. The number of hydrogen-bond donors (Lipinski definition) is 1.